The van der Waals surface area contributed by atoms with Gasteiger partial charge in [0.05, 0.1) is 17.3 Å². The van der Waals surface area contributed by atoms with E-state index >= 15 is 0 Å². The maximum atomic E-state index is 10.3. The van der Waals surface area contributed by atoms with Crippen molar-refractivity contribution >= 4 is 29.1 Å². The zero-order valence-corrected chi connectivity index (χ0v) is 10.6. The number of likely N-dealkylation sites (N-methyl/N-ethyl adjacent to an activating group) is 1. The van der Waals surface area contributed by atoms with E-state index in [0.29, 0.717) is 43.6 Å². The molecule has 0 unspecified atom stereocenters. The van der Waals surface area contributed by atoms with E-state index in [1.807, 2.05) is 11.9 Å². The first kappa shape index (κ1) is 12.0. The Morgan fingerprint density at radius 3 is 2.75 bits per heavy atom. The summed E-state index contributed by atoms with van der Waals surface area (Å²) in [6, 6.07) is 0. The molecular weight excluding hydrogens is 250 g/mol. The monoisotopic (exact) mass is 263 g/mol. The van der Waals surface area contributed by atoms with Crippen LogP contribution < -0.4 is 4.90 Å². The van der Waals surface area contributed by atoms with Crippen molar-refractivity contribution in [2.24, 2.45) is 0 Å². The summed E-state index contributed by atoms with van der Waals surface area (Å²) in [7, 11) is 1.86. The van der Waals surface area contributed by atoms with Gasteiger partial charge in [0.2, 0.25) is 0 Å². The van der Waals surface area contributed by atoms with Crippen molar-refractivity contribution in [3.63, 3.8) is 0 Å². The minimum Gasteiger partial charge on any atom is -0.388 e. The molecule has 0 spiro atoms. The third-order valence-corrected chi connectivity index (χ3v) is 3.62. The molecule has 0 bridgehead atoms. The van der Waals surface area contributed by atoms with Crippen molar-refractivity contribution in [2.45, 2.75) is 18.4 Å². The fourth-order valence-corrected chi connectivity index (χ4v) is 2.65. The van der Waals surface area contributed by atoms with E-state index < -0.39 is 5.60 Å². The third kappa shape index (κ3) is 2.63. The number of aromatic nitrogens is 2. The summed E-state index contributed by atoms with van der Waals surface area (Å²) in [4.78, 5) is 1.84. The highest BCUT2D eigenvalue weighted by Crippen LogP contribution is 2.26. The maximum Gasteiger partial charge on any atom is 0.187 e. The number of hydrogen-bond donors (Lipinski definition) is 1. The molecule has 2 heterocycles. The van der Waals surface area contributed by atoms with Crippen LogP contribution in [-0.2, 0) is 4.74 Å². The second-order valence-corrected chi connectivity index (χ2v) is 4.96. The van der Waals surface area contributed by atoms with Crippen LogP contribution in [0.4, 0.5) is 5.82 Å². The van der Waals surface area contributed by atoms with E-state index in [1.165, 1.54) is 0 Å². The van der Waals surface area contributed by atoms with Gasteiger partial charge in [-0.1, -0.05) is 11.6 Å². The molecule has 1 aliphatic heterocycles. The lowest BCUT2D eigenvalue weighted by Gasteiger charge is -2.35. The van der Waals surface area contributed by atoms with Crippen molar-refractivity contribution in [3.05, 3.63) is 5.15 Å². The van der Waals surface area contributed by atoms with Crippen LogP contribution in [0.15, 0.2) is 0 Å². The summed E-state index contributed by atoms with van der Waals surface area (Å²) >= 11 is 6.96. The number of hydrogen-bond acceptors (Lipinski definition) is 6. The molecule has 1 aromatic rings. The molecule has 0 atom stereocenters. The summed E-state index contributed by atoms with van der Waals surface area (Å²) in [5.41, 5.74) is -0.708. The Labute approximate surface area is 103 Å². The first-order valence-corrected chi connectivity index (χ1v) is 6.21. The SMILES string of the molecule is CN(CC1(O)CCOCC1)c1nsnc1Cl. The minimum absolute atomic E-state index is 0.392. The summed E-state index contributed by atoms with van der Waals surface area (Å²) in [5.74, 6) is 0.631. The van der Waals surface area contributed by atoms with Gasteiger partial charge in [0.1, 0.15) is 0 Å². The first-order valence-electron chi connectivity index (χ1n) is 5.10. The van der Waals surface area contributed by atoms with Crippen molar-refractivity contribution in [1.82, 2.24) is 8.75 Å². The standard InChI is InChI=1S/C9H14ClN3O2S/c1-13(8-7(10)11-16-12-8)6-9(14)2-4-15-5-3-9/h14H,2-6H2,1H3. The molecule has 5 nitrogen and oxygen atoms in total. The lowest BCUT2D eigenvalue weighted by Crippen LogP contribution is -2.45. The Kier molecular flexibility index (Phi) is 3.63. The molecule has 0 aliphatic carbocycles. The molecule has 2 rings (SSSR count). The molecule has 1 aliphatic rings. The second-order valence-electron chi connectivity index (χ2n) is 4.07. The molecule has 1 aromatic heterocycles. The highest BCUT2D eigenvalue weighted by atomic mass is 35.5. The average molecular weight is 264 g/mol. The average Bonchev–Trinajstić information content (AvgIpc) is 2.65. The van der Waals surface area contributed by atoms with Gasteiger partial charge in [-0.3, -0.25) is 0 Å². The number of halogens is 1. The zero-order chi connectivity index (χ0) is 11.6. The summed E-state index contributed by atoms with van der Waals surface area (Å²) in [6.45, 7) is 1.71. The summed E-state index contributed by atoms with van der Waals surface area (Å²) < 4.78 is 13.2. The lowest BCUT2D eigenvalue weighted by molar-refractivity contribution is -0.0573. The minimum atomic E-state index is -0.708. The Morgan fingerprint density at radius 2 is 2.19 bits per heavy atom. The van der Waals surface area contributed by atoms with Crippen molar-refractivity contribution in [2.75, 3.05) is 31.7 Å². The maximum absolute atomic E-state index is 10.3. The summed E-state index contributed by atoms with van der Waals surface area (Å²) in [5, 5.41) is 10.7. The van der Waals surface area contributed by atoms with E-state index in [-0.39, 0.29) is 0 Å². The highest BCUT2D eigenvalue weighted by molar-refractivity contribution is 6.99. The van der Waals surface area contributed by atoms with E-state index in [2.05, 4.69) is 8.75 Å². The van der Waals surface area contributed by atoms with Gasteiger partial charge in [0, 0.05) is 39.6 Å². The van der Waals surface area contributed by atoms with Crippen LogP contribution in [0.1, 0.15) is 12.8 Å². The van der Waals surface area contributed by atoms with Crippen LogP contribution in [0.5, 0.6) is 0 Å². The molecule has 16 heavy (non-hydrogen) atoms. The number of anilines is 1. The predicted molar refractivity (Wildman–Crippen MR) is 63.2 cm³/mol. The van der Waals surface area contributed by atoms with Gasteiger partial charge in [0.25, 0.3) is 0 Å². The Bertz CT molecular complexity index is 354. The van der Waals surface area contributed by atoms with E-state index in [0.717, 1.165) is 11.7 Å². The van der Waals surface area contributed by atoms with E-state index in [4.69, 9.17) is 16.3 Å². The Morgan fingerprint density at radius 1 is 1.50 bits per heavy atom. The van der Waals surface area contributed by atoms with Crippen LogP contribution in [-0.4, -0.2) is 46.3 Å². The Hall–Kier alpha value is -0.430. The van der Waals surface area contributed by atoms with Crippen molar-refractivity contribution < 1.29 is 9.84 Å². The number of ether oxygens (including phenoxy) is 1. The molecule has 0 aromatic carbocycles. The van der Waals surface area contributed by atoms with E-state index in [9.17, 15) is 5.11 Å². The molecule has 0 saturated carbocycles. The van der Waals surface area contributed by atoms with Crippen LogP contribution in [0.3, 0.4) is 0 Å². The normalized spacial score (nSPS) is 19.7. The molecule has 1 fully saturated rings. The molecule has 90 valence electrons. The topological polar surface area (TPSA) is 58.5 Å². The quantitative estimate of drug-likeness (QED) is 0.887. The molecule has 7 heteroatoms. The molecular formula is C9H14ClN3O2S. The fourth-order valence-electron chi connectivity index (χ4n) is 1.83. The Balaban J connectivity index is 2.01. The molecule has 0 amide bonds. The van der Waals surface area contributed by atoms with Gasteiger partial charge in [-0.05, 0) is 0 Å². The van der Waals surface area contributed by atoms with Crippen LogP contribution >= 0.6 is 23.3 Å². The van der Waals surface area contributed by atoms with Crippen molar-refractivity contribution in [1.29, 1.82) is 0 Å². The van der Waals surface area contributed by atoms with E-state index in [1.54, 1.807) is 0 Å². The van der Waals surface area contributed by atoms with Gasteiger partial charge < -0.3 is 14.7 Å². The smallest absolute Gasteiger partial charge is 0.187 e. The van der Waals surface area contributed by atoms with Gasteiger partial charge in [0.15, 0.2) is 11.0 Å². The highest BCUT2D eigenvalue weighted by Gasteiger charge is 2.32. The summed E-state index contributed by atoms with van der Waals surface area (Å²) in [6.07, 6.45) is 1.29. The molecule has 0 radical (unpaired) electrons. The number of aliphatic hydroxyl groups is 1. The van der Waals surface area contributed by atoms with Gasteiger partial charge >= 0.3 is 0 Å². The third-order valence-electron chi connectivity index (χ3n) is 2.75. The zero-order valence-electron chi connectivity index (χ0n) is 9.02. The number of nitrogens with zero attached hydrogens (tertiary/aromatic N) is 3. The molecule has 1 saturated heterocycles. The second kappa shape index (κ2) is 4.83. The van der Waals surface area contributed by atoms with Gasteiger partial charge in [-0.2, -0.15) is 8.75 Å². The predicted octanol–water partition coefficient (Wildman–Crippen LogP) is 1.17. The van der Waals surface area contributed by atoms with Crippen molar-refractivity contribution in [3.8, 4) is 0 Å². The largest absolute Gasteiger partial charge is 0.388 e. The fraction of sp³-hybridized carbons (Fsp3) is 0.778. The number of rotatable bonds is 3. The lowest BCUT2D eigenvalue weighted by atomic mass is 9.94. The van der Waals surface area contributed by atoms with Crippen LogP contribution in [0.2, 0.25) is 5.15 Å². The van der Waals surface area contributed by atoms with Gasteiger partial charge in [-0.25, -0.2) is 0 Å². The van der Waals surface area contributed by atoms with Gasteiger partial charge in [-0.15, -0.1) is 0 Å². The van der Waals surface area contributed by atoms with Crippen LogP contribution in [0.25, 0.3) is 0 Å². The molecule has 1 N–H and O–H groups in total. The first-order chi connectivity index (χ1) is 7.61. The van der Waals surface area contributed by atoms with Crippen LogP contribution in [0, 0.1) is 0 Å².